The number of thiazole rings is 1. The molecule has 8 rings (SSSR count). The Morgan fingerprint density at radius 2 is 1.48 bits per heavy atom. The van der Waals surface area contributed by atoms with Crippen LogP contribution in [0.1, 0.15) is 59.3 Å². The molecule has 0 unspecified atom stereocenters. The molecule has 3 heterocycles. The fourth-order valence-electron chi connectivity index (χ4n) is 7.30. The zero-order valence-corrected chi connectivity index (χ0v) is 31.7. The number of rotatable bonds is 11. The molecule has 0 fully saturated rings. The normalized spacial score (nSPS) is 14.1. The first-order valence-corrected chi connectivity index (χ1v) is 19.7. The molecule has 1 aliphatic rings. The van der Waals surface area contributed by atoms with E-state index in [4.69, 9.17) is 10.1 Å². The number of nitrogens with one attached hydrogen (secondary N) is 2. The Morgan fingerprint density at radius 3 is 2.13 bits per heavy atom. The summed E-state index contributed by atoms with van der Waals surface area (Å²) >= 11 is 2.99. The molecule has 3 aromatic heterocycles. The van der Waals surface area contributed by atoms with E-state index in [1.54, 1.807) is 17.4 Å². The standard InChI is InChI=1S/C44H40N6O2S2/c1-49(2)36-21-22-37-40(26-36)54-43(47-37)48-41(51)31-14-12-13-30(25-31)27-45-42(52)39-24-23-38(53-39)32-28-46-50(29-32)44(33-15-6-3-7-16-33,34-17-8-4-9-18-34)35-19-10-5-11-20-35/h3-20,23-25,28-29,36H,21-22,26-27H2,1-2H3,(H,45,52)(H,47,48,51)/t36-/m0/s1. The smallest absolute Gasteiger partial charge is 0.261 e. The van der Waals surface area contributed by atoms with Gasteiger partial charge < -0.3 is 10.2 Å². The van der Waals surface area contributed by atoms with E-state index in [1.807, 2.05) is 59.4 Å². The Hall–Kier alpha value is -5.68. The maximum atomic E-state index is 13.4. The maximum Gasteiger partial charge on any atom is 0.261 e. The molecule has 0 radical (unpaired) electrons. The quantitative estimate of drug-likeness (QED) is 0.130. The highest BCUT2D eigenvalue weighted by atomic mass is 32.1. The lowest BCUT2D eigenvalue weighted by atomic mass is 9.77. The van der Waals surface area contributed by atoms with Gasteiger partial charge in [-0.25, -0.2) is 4.98 Å². The third-order valence-corrected chi connectivity index (χ3v) is 12.3. The van der Waals surface area contributed by atoms with Crippen molar-refractivity contribution in [3.63, 3.8) is 0 Å². The van der Waals surface area contributed by atoms with Gasteiger partial charge in [0.2, 0.25) is 0 Å². The van der Waals surface area contributed by atoms with Crippen molar-refractivity contribution in [2.75, 3.05) is 19.4 Å². The van der Waals surface area contributed by atoms with E-state index in [1.165, 1.54) is 16.2 Å². The molecule has 54 heavy (non-hydrogen) atoms. The number of anilines is 1. The van der Waals surface area contributed by atoms with Crippen molar-refractivity contribution >= 4 is 39.6 Å². The first kappa shape index (κ1) is 35.4. The molecular formula is C44H40N6O2S2. The number of amides is 2. The van der Waals surface area contributed by atoms with Crippen LogP contribution in [0.4, 0.5) is 5.13 Å². The molecule has 7 aromatic rings. The van der Waals surface area contributed by atoms with Crippen LogP contribution in [0, 0.1) is 0 Å². The second-order valence-electron chi connectivity index (χ2n) is 13.7. The molecular weight excluding hydrogens is 709 g/mol. The largest absolute Gasteiger partial charge is 0.347 e. The molecule has 0 spiro atoms. The van der Waals surface area contributed by atoms with E-state index in [0.717, 1.165) is 57.7 Å². The summed E-state index contributed by atoms with van der Waals surface area (Å²) < 4.78 is 2.04. The van der Waals surface area contributed by atoms with Gasteiger partial charge in [-0.3, -0.25) is 19.6 Å². The van der Waals surface area contributed by atoms with Crippen molar-refractivity contribution in [2.45, 2.75) is 37.4 Å². The highest BCUT2D eigenvalue weighted by Gasteiger charge is 2.39. The minimum absolute atomic E-state index is 0.176. The van der Waals surface area contributed by atoms with Crippen LogP contribution in [0.3, 0.4) is 0 Å². The highest BCUT2D eigenvalue weighted by Crippen LogP contribution is 2.41. The van der Waals surface area contributed by atoms with Gasteiger partial charge in [0.25, 0.3) is 11.8 Å². The van der Waals surface area contributed by atoms with Crippen molar-refractivity contribution in [3.8, 4) is 10.4 Å². The Bertz CT molecular complexity index is 2290. The van der Waals surface area contributed by atoms with Gasteiger partial charge in [0.15, 0.2) is 5.13 Å². The number of hydrogen-bond donors (Lipinski definition) is 2. The number of fused-ring (bicyclic) bond motifs is 1. The first-order valence-electron chi connectivity index (χ1n) is 18.0. The molecule has 2 N–H and O–H groups in total. The number of aromatic nitrogens is 3. The Balaban J connectivity index is 0.974. The Kier molecular flexibility index (Phi) is 10.1. The fraction of sp³-hybridized carbons (Fsp3) is 0.182. The van der Waals surface area contributed by atoms with E-state index >= 15 is 0 Å². The van der Waals surface area contributed by atoms with Crippen molar-refractivity contribution in [3.05, 3.63) is 183 Å². The van der Waals surface area contributed by atoms with Gasteiger partial charge in [-0.2, -0.15) is 5.10 Å². The predicted molar refractivity (Wildman–Crippen MR) is 217 cm³/mol. The van der Waals surface area contributed by atoms with Gasteiger partial charge in [0, 0.05) is 39.7 Å². The summed E-state index contributed by atoms with van der Waals surface area (Å²) in [6.45, 7) is 0.288. The van der Waals surface area contributed by atoms with Gasteiger partial charge in [-0.15, -0.1) is 22.7 Å². The van der Waals surface area contributed by atoms with Gasteiger partial charge in [-0.05, 0) is 79.9 Å². The second-order valence-corrected chi connectivity index (χ2v) is 15.9. The van der Waals surface area contributed by atoms with Crippen LogP contribution in [0.2, 0.25) is 0 Å². The minimum atomic E-state index is -0.722. The summed E-state index contributed by atoms with van der Waals surface area (Å²) in [5.41, 5.74) is 5.91. The van der Waals surface area contributed by atoms with Crippen molar-refractivity contribution < 1.29 is 9.59 Å². The van der Waals surface area contributed by atoms with Crippen LogP contribution in [0.15, 0.2) is 140 Å². The van der Waals surface area contributed by atoms with Crippen molar-refractivity contribution in [2.24, 2.45) is 0 Å². The van der Waals surface area contributed by atoms with E-state index in [0.29, 0.717) is 21.6 Å². The molecule has 0 saturated carbocycles. The van der Waals surface area contributed by atoms with E-state index in [-0.39, 0.29) is 18.4 Å². The van der Waals surface area contributed by atoms with Crippen molar-refractivity contribution in [1.29, 1.82) is 0 Å². The number of likely N-dealkylation sites (N-methyl/N-ethyl adjacent to an activating group) is 1. The number of carbonyl (C=O) groups is 2. The van der Waals surface area contributed by atoms with E-state index in [9.17, 15) is 9.59 Å². The van der Waals surface area contributed by atoms with Crippen LogP contribution in [0.5, 0.6) is 0 Å². The summed E-state index contributed by atoms with van der Waals surface area (Å²) in [5.74, 6) is -0.386. The molecule has 2 amide bonds. The van der Waals surface area contributed by atoms with Crippen LogP contribution in [-0.4, -0.2) is 51.6 Å². The molecule has 1 aliphatic carbocycles. The maximum absolute atomic E-state index is 13.4. The average molecular weight is 749 g/mol. The lowest BCUT2D eigenvalue weighted by Gasteiger charge is -2.36. The molecule has 0 bridgehead atoms. The summed E-state index contributed by atoms with van der Waals surface area (Å²) in [6, 6.07) is 43.0. The summed E-state index contributed by atoms with van der Waals surface area (Å²) in [4.78, 5) is 36.4. The summed E-state index contributed by atoms with van der Waals surface area (Å²) in [6.07, 6.45) is 6.89. The Morgan fingerprint density at radius 1 is 0.815 bits per heavy atom. The zero-order valence-electron chi connectivity index (χ0n) is 30.1. The molecule has 4 aromatic carbocycles. The average Bonchev–Trinajstić information content (AvgIpc) is 3.99. The number of benzene rings is 4. The van der Waals surface area contributed by atoms with Crippen molar-refractivity contribution in [1.82, 2.24) is 25.0 Å². The van der Waals surface area contributed by atoms with E-state index < -0.39 is 5.54 Å². The third kappa shape index (κ3) is 7.03. The predicted octanol–water partition coefficient (Wildman–Crippen LogP) is 8.51. The number of aryl methyl sites for hydroxylation is 1. The summed E-state index contributed by atoms with van der Waals surface area (Å²) in [5, 5.41) is 11.7. The molecule has 270 valence electrons. The van der Waals surface area contributed by atoms with Crippen LogP contribution in [0.25, 0.3) is 10.4 Å². The molecule has 1 atom stereocenters. The van der Waals surface area contributed by atoms with Gasteiger partial charge >= 0.3 is 0 Å². The van der Waals surface area contributed by atoms with Gasteiger partial charge in [-0.1, -0.05) is 103 Å². The number of carbonyl (C=O) groups excluding carboxylic acids is 2. The van der Waals surface area contributed by atoms with E-state index in [2.05, 4.69) is 109 Å². The first-order chi connectivity index (χ1) is 26.4. The van der Waals surface area contributed by atoms with Crippen LogP contribution >= 0.6 is 22.7 Å². The molecule has 0 saturated heterocycles. The number of thiophene rings is 1. The van der Waals surface area contributed by atoms with Crippen LogP contribution in [-0.2, 0) is 24.9 Å². The lowest BCUT2D eigenvalue weighted by molar-refractivity contribution is 0.0954. The topological polar surface area (TPSA) is 92.2 Å². The molecule has 8 nitrogen and oxygen atoms in total. The third-order valence-electron chi connectivity index (χ3n) is 10.1. The SMILES string of the molecule is CN(C)[C@H]1CCc2nc(NC(=O)c3cccc(CNC(=O)c4ccc(-c5cnn(C(c6ccccc6)(c6ccccc6)c6ccccc6)c5)s4)c3)sc2C1. The second kappa shape index (κ2) is 15.4. The zero-order chi connectivity index (χ0) is 37.1. The highest BCUT2D eigenvalue weighted by molar-refractivity contribution is 7.17. The van der Waals surface area contributed by atoms with Crippen LogP contribution < -0.4 is 10.6 Å². The monoisotopic (exact) mass is 748 g/mol. The number of nitrogens with zero attached hydrogens (tertiary/aromatic N) is 4. The number of hydrogen-bond acceptors (Lipinski definition) is 7. The van der Waals surface area contributed by atoms with Gasteiger partial charge in [0.05, 0.1) is 16.8 Å². The Labute approximate surface area is 323 Å². The molecule has 0 aliphatic heterocycles. The summed E-state index contributed by atoms with van der Waals surface area (Å²) in [7, 11) is 4.22. The molecule has 10 heteroatoms. The fourth-order valence-corrected chi connectivity index (χ4v) is 9.27. The minimum Gasteiger partial charge on any atom is -0.347 e. The van der Waals surface area contributed by atoms with Gasteiger partial charge in [0.1, 0.15) is 5.54 Å². The lowest BCUT2D eigenvalue weighted by Crippen LogP contribution is -2.38.